The molecule has 0 fully saturated rings. The molecule has 0 saturated heterocycles. The summed E-state index contributed by atoms with van der Waals surface area (Å²) in [4.78, 5) is 29.2. The first-order chi connectivity index (χ1) is 19.1. The van der Waals surface area contributed by atoms with E-state index >= 15 is 0 Å². The van der Waals surface area contributed by atoms with Crippen molar-refractivity contribution in [3.05, 3.63) is 95.6 Å². The summed E-state index contributed by atoms with van der Waals surface area (Å²) in [5.74, 6) is -0.692. The fourth-order valence-corrected chi connectivity index (χ4v) is 6.13. The number of carbonyl (C=O) groups is 2. The number of hydrogen-bond donors (Lipinski definition) is 1. The summed E-state index contributed by atoms with van der Waals surface area (Å²) in [6.45, 7) is 9.44. The molecule has 2 atom stereocenters. The van der Waals surface area contributed by atoms with Crippen LogP contribution in [0.15, 0.2) is 83.8 Å². The topological polar surface area (TPSA) is 86.8 Å². The molecule has 0 saturated carbocycles. The number of aryl methyl sites for hydroxylation is 2. The van der Waals surface area contributed by atoms with Crippen molar-refractivity contribution in [2.24, 2.45) is 0 Å². The van der Waals surface area contributed by atoms with Crippen molar-refractivity contribution < 1.29 is 18.0 Å². The highest BCUT2D eigenvalue weighted by atomic mass is 32.2. The number of benzene rings is 3. The standard InChI is InChI=1S/C32H41N3O4S/c1-6-25(5)33-32(37)29(8-3)34(22-26-16-14-15-24(4)21-26)31(36)23-35(30-20-13-12-17-27(30)7-2)40(38,39)28-18-10-9-11-19-28/h9-21,25,29H,6-8,22-23H2,1-5H3,(H,33,37)/t25-,29-/m0/s1. The molecule has 3 aromatic carbocycles. The van der Waals surface area contributed by atoms with E-state index in [-0.39, 0.29) is 23.4 Å². The van der Waals surface area contributed by atoms with Gasteiger partial charge >= 0.3 is 0 Å². The lowest BCUT2D eigenvalue weighted by molar-refractivity contribution is -0.140. The molecular formula is C32H41N3O4S. The molecule has 40 heavy (non-hydrogen) atoms. The maximum atomic E-state index is 14.2. The fraction of sp³-hybridized carbons (Fsp3) is 0.375. The van der Waals surface area contributed by atoms with E-state index in [1.165, 1.54) is 21.3 Å². The van der Waals surface area contributed by atoms with E-state index in [2.05, 4.69) is 5.32 Å². The Morgan fingerprint density at radius 2 is 1.55 bits per heavy atom. The Kier molecular flexibility index (Phi) is 10.9. The molecule has 7 nitrogen and oxygen atoms in total. The number of sulfonamides is 1. The van der Waals surface area contributed by atoms with Gasteiger partial charge in [0.1, 0.15) is 12.6 Å². The van der Waals surface area contributed by atoms with Gasteiger partial charge in [-0.2, -0.15) is 0 Å². The van der Waals surface area contributed by atoms with Crippen LogP contribution in [0.3, 0.4) is 0 Å². The first kappa shape index (κ1) is 30.9. The lowest BCUT2D eigenvalue weighted by atomic mass is 10.1. The second kappa shape index (κ2) is 14.1. The van der Waals surface area contributed by atoms with Gasteiger partial charge in [-0.1, -0.05) is 87.0 Å². The summed E-state index contributed by atoms with van der Waals surface area (Å²) in [5.41, 5.74) is 3.16. The van der Waals surface area contributed by atoms with E-state index in [9.17, 15) is 18.0 Å². The van der Waals surface area contributed by atoms with Gasteiger partial charge in [0.2, 0.25) is 11.8 Å². The van der Waals surface area contributed by atoms with Gasteiger partial charge in [0.25, 0.3) is 10.0 Å². The van der Waals surface area contributed by atoms with E-state index in [1.807, 2.05) is 71.0 Å². The van der Waals surface area contributed by atoms with Crippen LogP contribution in [-0.2, 0) is 32.6 Å². The highest BCUT2D eigenvalue weighted by Gasteiger charge is 2.34. The second-order valence-electron chi connectivity index (χ2n) is 10.1. The maximum Gasteiger partial charge on any atom is 0.264 e. The Morgan fingerprint density at radius 3 is 2.17 bits per heavy atom. The van der Waals surface area contributed by atoms with E-state index in [0.29, 0.717) is 18.5 Å². The predicted molar refractivity (Wildman–Crippen MR) is 160 cm³/mol. The number of carbonyl (C=O) groups excluding carboxylic acids is 2. The highest BCUT2D eigenvalue weighted by Crippen LogP contribution is 2.28. The third-order valence-electron chi connectivity index (χ3n) is 7.07. The van der Waals surface area contributed by atoms with Crippen LogP contribution in [0.1, 0.15) is 57.2 Å². The molecule has 3 rings (SSSR count). The zero-order valence-corrected chi connectivity index (χ0v) is 24.9. The van der Waals surface area contributed by atoms with Gasteiger partial charge in [-0.25, -0.2) is 8.42 Å². The van der Waals surface area contributed by atoms with Crippen LogP contribution in [-0.4, -0.2) is 43.8 Å². The van der Waals surface area contributed by atoms with Crippen molar-refractivity contribution in [2.45, 2.75) is 77.4 Å². The van der Waals surface area contributed by atoms with E-state index < -0.39 is 28.5 Å². The molecule has 0 heterocycles. The average Bonchev–Trinajstić information content (AvgIpc) is 2.96. The van der Waals surface area contributed by atoms with E-state index in [4.69, 9.17) is 0 Å². The number of rotatable bonds is 13. The molecule has 0 unspecified atom stereocenters. The van der Waals surface area contributed by atoms with Gasteiger partial charge in [-0.15, -0.1) is 0 Å². The van der Waals surface area contributed by atoms with Gasteiger partial charge in [0, 0.05) is 12.6 Å². The summed E-state index contributed by atoms with van der Waals surface area (Å²) < 4.78 is 29.2. The Labute approximate surface area is 239 Å². The lowest BCUT2D eigenvalue weighted by Crippen LogP contribution is -2.53. The minimum atomic E-state index is -4.09. The molecule has 0 spiro atoms. The number of nitrogens with zero attached hydrogens (tertiary/aromatic N) is 2. The molecule has 2 amide bonds. The highest BCUT2D eigenvalue weighted by molar-refractivity contribution is 7.92. The van der Waals surface area contributed by atoms with Crippen LogP contribution in [0.4, 0.5) is 5.69 Å². The molecule has 0 aliphatic rings. The van der Waals surface area contributed by atoms with E-state index in [0.717, 1.165) is 23.1 Å². The molecule has 3 aromatic rings. The normalized spacial score (nSPS) is 12.8. The van der Waals surface area contributed by atoms with Gasteiger partial charge < -0.3 is 10.2 Å². The molecule has 0 aliphatic carbocycles. The lowest BCUT2D eigenvalue weighted by Gasteiger charge is -2.34. The quantitative estimate of drug-likeness (QED) is 0.299. The first-order valence-electron chi connectivity index (χ1n) is 13.9. The minimum absolute atomic E-state index is 0.0520. The molecular weight excluding hydrogens is 522 g/mol. The zero-order valence-electron chi connectivity index (χ0n) is 24.1. The number of anilines is 1. The van der Waals surface area contributed by atoms with Gasteiger partial charge in [0.15, 0.2) is 0 Å². The van der Waals surface area contributed by atoms with Crippen molar-refractivity contribution in [3.8, 4) is 0 Å². The fourth-order valence-electron chi connectivity index (χ4n) is 4.65. The van der Waals surface area contributed by atoms with Crippen LogP contribution in [0, 0.1) is 6.92 Å². The van der Waals surface area contributed by atoms with Crippen LogP contribution < -0.4 is 9.62 Å². The Hall–Kier alpha value is -3.65. The van der Waals surface area contributed by atoms with Crippen molar-refractivity contribution >= 4 is 27.5 Å². The summed E-state index contributed by atoms with van der Waals surface area (Å²) in [5, 5.41) is 3.01. The SMILES string of the molecule is CCc1ccccc1N(CC(=O)N(Cc1cccc(C)c1)[C@@H](CC)C(=O)N[C@@H](C)CC)S(=O)(=O)c1ccccc1. The van der Waals surface area contributed by atoms with Crippen molar-refractivity contribution in [3.63, 3.8) is 0 Å². The number of para-hydroxylation sites is 1. The van der Waals surface area contributed by atoms with Gasteiger partial charge in [-0.3, -0.25) is 13.9 Å². The molecule has 0 aromatic heterocycles. The van der Waals surface area contributed by atoms with Crippen molar-refractivity contribution in [1.29, 1.82) is 0 Å². The molecule has 0 aliphatic heterocycles. The van der Waals surface area contributed by atoms with Crippen LogP contribution in [0.25, 0.3) is 0 Å². The monoisotopic (exact) mass is 563 g/mol. The smallest absolute Gasteiger partial charge is 0.264 e. The third kappa shape index (κ3) is 7.50. The number of nitrogens with one attached hydrogen (secondary N) is 1. The second-order valence-corrected chi connectivity index (χ2v) is 11.9. The Balaban J connectivity index is 2.09. The van der Waals surface area contributed by atoms with Crippen LogP contribution >= 0.6 is 0 Å². The minimum Gasteiger partial charge on any atom is -0.352 e. The number of hydrogen-bond acceptors (Lipinski definition) is 4. The molecule has 0 radical (unpaired) electrons. The Bertz CT molecular complexity index is 1390. The van der Waals surface area contributed by atoms with Crippen molar-refractivity contribution in [2.75, 3.05) is 10.8 Å². The Morgan fingerprint density at radius 1 is 0.875 bits per heavy atom. The van der Waals surface area contributed by atoms with Crippen LogP contribution in [0.2, 0.25) is 0 Å². The summed E-state index contributed by atoms with van der Waals surface area (Å²) in [6.07, 6.45) is 1.73. The summed E-state index contributed by atoms with van der Waals surface area (Å²) >= 11 is 0. The van der Waals surface area contributed by atoms with Gasteiger partial charge in [-0.05, 0) is 62.4 Å². The van der Waals surface area contributed by atoms with Crippen molar-refractivity contribution in [1.82, 2.24) is 10.2 Å². The molecule has 214 valence electrons. The average molecular weight is 564 g/mol. The van der Waals surface area contributed by atoms with Crippen LogP contribution in [0.5, 0.6) is 0 Å². The zero-order chi connectivity index (χ0) is 29.3. The third-order valence-corrected chi connectivity index (χ3v) is 8.85. The first-order valence-corrected chi connectivity index (χ1v) is 15.4. The molecule has 8 heteroatoms. The number of amides is 2. The maximum absolute atomic E-state index is 14.2. The van der Waals surface area contributed by atoms with E-state index in [1.54, 1.807) is 30.3 Å². The molecule has 1 N–H and O–H groups in total. The van der Waals surface area contributed by atoms with Gasteiger partial charge in [0.05, 0.1) is 10.6 Å². The summed E-state index contributed by atoms with van der Waals surface area (Å²) in [7, 11) is -4.09. The largest absolute Gasteiger partial charge is 0.352 e. The predicted octanol–water partition coefficient (Wildman–Crippen LogP) is 5.47. The molecule has 0 bridgehead atoms. The summed E-state index contributed by atoms with van der Waals surface area (Å²) in [6, 6.07) is 22.3.